The Kier molecular flexibility index (Phi) is 4.49. The molecule has 2 heteroatoms. The molecule has 0 saturated heterocycles. The van der Waals surface area contributed by atoms with E-state index < -0.39 is 0 Å². The summed E-state index contributed by atoms with van der Waals surface area (Å²) in [6.45, 7) is 4.79. The van der Waals surface area contributed by atoms with Crippen LogP contribution in [-0.2, 0) is 17.8 Å². The van der Waals surface area contributed by atoms with Crippen molar-refractivity contribution >= 4 is 5.76 Å². The molecule has 0 aromatic heterocycles. The standard InChI is InChI=1S/C24H22O2/c1-17-12-13-21(14-18(17)2)24-23(25-16-19-8-4-3-5-9-19)15-20-10-6-7-11-22(20)26-24/h3-14H,15-16H2,1-2H3. The summed E-state index contributed by atoms with van der Waals surface area (Å²) in [6, 6.07) is 24.8. The van der Waals surface area contributed by atoms with Crippen LogP contribution in [0.15, 0.2) is 78.6 Å². The first-order valence-corrected chi connectivity index (χ1v) is 8.94. The molecule has 4 rings (SSSR count). The lowest BCUT2D eigenvalue weighted by atomic mass is 10.0. The second-order valence-electron chi connectivity index (χ2n) is 6.71. The fraction of sp³-hybridized carbons (Fsp3) is 0.167. The van der Waals surface area contributed by atoms with Crippen LogP contribution in [0.4, 0.5) is 0 Å². The zero-order valence-electron chi connectivity index (χ0n) is 15.2. The van der Waals surface area contributed by atoms with Gasteiger partial charge in [0.15, 0.2) is 5.76 Å². The van der Waals surface area contributed by atoms with Gasteiger partial charge >= 0.3 is 0 Å². The van der Waals surface area contributed by atoms with Gasteiger partial charge in [0.1, 0.15) is 18.1 Å². The van der Waals surface area contributed by atoms with Crippen molar-refractivity contribution in [2.75, 3.05) is 0 Å². The van der Waals surface area contributed by atoms with Crippen LogP contribution < -0.4 is 4.74 Å². The molecule has 0 amide bonds. The number of fused-ring (bicyclic) bond motifs is 1. The van der Waals surface area contributed by atoms with Gasteiger partial charge in [-0.05, 0) is 42.7 Å². The van der Waals surface area contributed by atoms with E-state index in [1.165, 1.54) is 11.1 Å². The topological polar surface area (TPSA) is 18.5 Å². The molecule has 0 aliphatic carbocycles. The fourth-order valence-corrected chi connectivity index (χ4v) is 3.13. The van der Waals surface area contributed by atoms with Gasteiger partial charge in [0.25, 0.3) is 0 Å². The number of rotatable bonds is 4. The van der Waals surface area contributed by atoms with E-state index in [9.17, 15) is 0 Å². The van der Waals surface area contributed by atoms with Crippen molar-refractivity contribution in [1.29, 1.82) is 0 Å². The quantitative estimate of drug-likeness (QED) is 0.594. The molecule has 3 aromatic rings. The maximum absolute atomic E-state index is 6.27. The molecule has 0 saturated carbocycles. The van der Waals surface area contributed by atoms with Gasteiger partial charge in [-0.2, -0.15) is 0 Å². The highest BCUT2D eigenvalue weighted by atomic mass is 16.5. The van der Waals surface area contributed by atoms with E-state index in [-0.39, 0.29) is 0 Å². The van der Waals surface area contributed by atoms with E-state index in [1.807, 2.05) is 36.4 Å². The van der Waals surface area contributed by atoms with E-state index in [2.05, 4.69) is 50.2 Å². The van der Waals surface area contributed by atoms with Crippen molar-refractivity contribution in [1.82, 2.24) is 0 Å². The van der Waals surface area contributed by atoms with Gasteiger partial charge in [-0.1, -0.05) is 60.7 Å². The number of allylic oxidation sites excluding steroid dienone is 1. The highest BCUT2D eigenvalue weighted by Gasteiger charge is 2.22. The number of hydrogen-bond acceptors (Lipinski definition) is 2. The minimum Gasteiger partial charge on any atom is -0.489 e. The first kappa shape index (κ1) is 16.5. The maximum Gasteiger partial charge on any atom is 0.172 e. The van der Waals surface area contributed by atoms with Crippen LogP contribution in [0, 0.1) is 13.8 Å². The van der Waals surface area contributed by atoms with Gasteiger partial charge in [-0.25, -0.2) is 0 Å². The summed E-state index contributed by atoms with van der Waals surface area (Å²) < 4.78 is 12.5. The monoisotopic (exact) mass is 342 g/mol. The van der Waals surface area contributed by atoms with Crippen molar-refractivity contribution < 1.29 is 9.47 Å². The summed E-state index contributed by atoms with van der Waals surface area (Å²) in [4.78, 5) is 0. The first-order chi connectivity index (χ1) is 12.7. The molecule has 0 fully saturated rings. The van der Waals surface area contributed by atoms with Crippen molar-refractivity contribution in [2.45, 2.75) is 26.9 Å². The van der Waals surface area contributed by atoms with Crippen LogP contribution in [0.2, 0.25) is 0 Å². The van der Waals surface area contributed by atoms with Gasteiger partial charge in [0, 0.05) is 17.5 Å². The molecule has 3 aromatic carbocycles. The Morgan fingerprint density at radius 3 is 2.42 bits per heavy atom. The third kappa shape index (κ3) is 3.36. The third-order valence-electron chi connectivity index (χ3n) is 4.81. The Bertz CT molecular complexity index is 955. The van der Waals surface area contributed by atoms with Crippen molar-refractivity contribution in [3.8, 4) is 5.75 Å². The molecule has 2 nitrogen and oxygen atoms in total. The lowest BCUT2D eigenvalue weighted by molar-refractivity contribution is 0.184. The highest BCUT2D eigenvalue weighted by Crippen LogP contribution is 2.35. The summed E-state index contributed by atoms with van der Waals surface area (Å²) in [5, 5.41) is 0. The Labute approximate surface area is 154 Å². The van der Waals surface area contributed by atoms with Crippen molar-refractivity contribution in [2.24, 2.45) is 0 Å². The second kappa shape index (κ2) is 7.09. The molecular formula is C24H22O2. The molecule has 0 atom stereocenters. The summed E-state index contributed by atoms with van der Waals surface area (Å²) in [7, 11) is 0. The molecule has 1 aliphatic rings. The Balaban J connectivity index is 1.70. The first-order valence-electron chi connectivity index (χ1n) is 8.94. The van der Waals surface area contributed by atoms with Gasteiger partial charge < -0.3 is 9.47 Å². The number of ether oxygens (including phenoxy) is 2. The van der Waals surface area contributed by atoms with Crippen molar-refractivity contribution in [3.63, 3.8) is 0 Å². The number of hydrogen-bond donors (Lipinski definition) is 0. The van der Waals surface area contributed by atoms with E-state index in [4.69, 9.17) is 9.47 Å². The summed E-state index contributed by atoms with van der Waals surface area (Å²) in [5.74, 6) is 2.62. The molecule has 0 radical (unpaired) electrons. The average Bonchev–Trinajstić information content (AvgIpc) is 2.68. The Hall–Kier alpha value is -3.00. The lowest BCUT2D eigenvalue weighted by Crippen LogP contribution is -2.12. The normalized spacial score (nSPS) is 13.2. The summed E-state index contributed by atoms with van der Waals surface area (Å²) in [5.41, 5.74) is 5.89. The predicted molar refractivity (Wildman–Crippen MR) is 105 cm³/mol. The molecule has 0 N–H and O–H groups in total. The summed E-state index contributed by atoms with van der Waals surface area (Å²) in [6.07, 6.45) is 0.741. The molecule has 0 spiro atoms. The van der Waals surface area contributed by atoms with Gasteiger partial charge in [0.05, 0.1) is 0 Å². The van der Waals surface area contributed by atoms with Gasteiger partial charge in [-0.15, -0.1) is 0 Å². The SMILES string of the molecule is Cc1ccc(C2=C(OCc3ccccc3)Cc3ccccc3O2)cc1C. The molecule has 0 unspecified atom stereocenters. The third-order valence-corrected chi connectivity index (χ3v) is 4.81. The zero-order valence-corrected chi connectivity index (χ0v) is 15.2. The number of benzene rings is 3. The highest BCUT2D eigenvalue weighted by molar-refractivity contribution is 5.68. The minimum absolute atomic E-state index is 0.538. The Morgan fingerprint density at radius 1 is 0.846 bits per heavy atom. The van der Waals surface area contributed by atoms with Crippen molar-refractivity contribution in [3.05, 3.63) is 106 Å². The Morgan fingerprint density at radius 2 is 1.62 bits per heavy atom. The summed E-state index contributed by atoms with van der Waals surface area (Å²) >= 11 is 0. The smallest absolute Gasteiger partial charge is 0.172 e. The van der Waals surface area contributed by atoms with Crippen LogP contribution in [0.1, 0.15) is 27.8 Å². The molecule has 1 aliphatic heterocycles. The molecule has 1 heterocycles. The van der Waals surface area contributed by atoms with Crippen LogP contribution in [0.3, 0.4) is 0 Å². The van der Waals surface area contributed by atoms with E-state index in [0.29, 0.717) is 6.61 Å². The van der Waals surface area contributed by atoms with Crippen LogP contribution >= 0.6 is 0 Å². The lowest BCUT2D eigenvalue weighted by Gasteiger charge is -2.24. The number of aryl methyl sites for hydroxylation is 2. The molecule has 0 bridgehead atoms. The van der Waals surface area contributed by atoms with E-state index in [0.717, 1.165) is 40.4 Å². The minimum atomic E-state index is 0.538. The number of para-hydroxylation sites is 1. The largest absolute Gasteiger partial charge is 0.489 e. The average molecular weight is 342 g/mol. The van der Waals surface area contributed by atoms with E-state index >= 15 is 0 Å². The van der Waals surface area contributed by atoms with Crippen LogP contribution in [-0.4, -0.2) is 0 Å². The molecule has 130 valence electrons. The van der Waals surface area contributed by atoms with E-state index in [1.54, 1.807) is 0 Å². The molecule has 26 heavy (non-hydrogen) atoms. The maximum atomic E-state index is 6.27. The molecular weight excluding hydrogens is 320 g/mol. The van der Waals surface area contributed by atoms with Crippen LogP contribution in [0.5, 0.6) is 5.75 Å². The van der Waals surface area contributed by atoms with Gasteiger partial charge in [-0.3, -0.25) is 0 Å². The fourth-order valence-electron chi connectivity index (χ4n) is 3.13. The van der Waals surface area contributed by atoms with Gasteiger partial charge in [0.2, 0.25) is 0 Å². The predicted octanol–water partition coefficient (Wildman–Crippen LogP) is 5.82. The second-order valence-corrected chi connectivity index (χ2v) is 6.71. The zero-order chi connectivity index (χ0) is 17.9. The van der Waals surface area contributed by atoms with Crippen LogP contribution in [0.25, 0.3) is 5.76 Å².